The zero-order valence-electron chi connectivity index (χ0n) is 19.0. The lowest BCUT2D eigenvalue weighted by atomic mass is 10.1. The Morgan fingerprint density at radius 1 is 1.22 bits per heavy atom. The van der Waals surface area contributed by atoms with Crippen molar-refractivity contribution in [3.05, 3.63) is 6.20 Å². The summed E-state index contributed by atoms with van der Waals surface area (Å²) in [5, 5.41) is 5.90. The number of sulfonamides is 1. The van der Waals surface area contributed by atoms with Gasteiger partial charge in [0.1, 0.15) is 0 Å². The first-order valence-corrected chi connectivity index (χ1v) is 12.7. The van der Waals surface area contributed by atoms with Crippen molar-refractivity contribution in [2.75, 3.05) is 43.1 Å². The molecule has 2 fully saturated rings. The van der Waals surface area contributed by atoms with Crippen LogP contribution in [0.2, 0.25) is 0 Å². The smallest absolute Gasteiger partial charge is 0.269 e. The van der Waals surface area contributed by atoms with E-state index in [1.807, 2.05) is 4.90 Å². The van der Waals surface area contributed by atoms with Gasteiger partial charge in [-0.3, -0.25) is 9.59 Å². The average molecular weight is 469 g/mol. The van der Waals surface area contributed by atoms with Gasteiger partial charge in [0.2, 0.25) is 21.9 Å². The van der Waals surface area contributed by atoms with Gasteiger partial charge in [-0.1, -0.05) is 0 Å². The van der Waals surface area contributed by atoms with Crippen molar-refractivity contribution < 1.29 is 22.7 Å². The number of carbonyl (C=O) groups is 2. The number of carbonyl (C=O) groups excluding carboxylic acids is 2. The third kappa shape index (κ3) is 6.06. The number of fused-ring (bicyclic) bond motifs is 1. The van der Waals surface area contributed by atoms with Crippen molar-refractivity contribution in [1.82, 2.24) is 19.2 Å². The van der Waals surface area contributed by atoms with Gasteiger partial charge in [0.05, 0.1) is 12.5 Å². The molecular formula is C20H32N6O5S. The summed E-state index contributed by atoms with van der Waals surface area (Å²) in [5.41, 5.74) is -0.955. The van der Waals surface area contributed by atoms with Gasteiger partial charge >= 0.3 is 0 Å². The van der Waals surface area contributed by atoms with Crippen LogP contribution in [0.3, 0.4) is 0 Å². The maximum atomic E-state index is 11.9. The number of anilines is 2. The Kier molecular flexibility index (Phi) is 7.23. The fraction of sp³-hybridized carbons (Fsp3) is 0.700. The maximum absolute atomic E-state index is 11.9. The molecule has 0 spiro atoms. The summed E-state index contributed by atoms with van der Waals surface area (Å²) in [6, 6.07) is 0.0812. The Morgan fingerprint density at radius 2 is 1.84 bits per heavy atom. The van der Waals surface area contributed by atoms with Crippen LogP contribution in [0.4, 0.5) is 11.8 Å². The van der Waals surface area contributed by atoms with Gasteiger partial charge in [-0.15, -0.1) is 0 Å². The molecule has 4 rings (SSSR count). The van der Waals surface area contributed by atoms with E-state index in [2.05, 4.69) is 20.6 Å². The molecule has 1 aromatic rings. The van der Waals surface area contributed by atoms with Crippen molar-refractivity contribution in [3.63, 3.8) is 0 Å². The molecule has 2 N–H and O–H groups in total. The number of nitrogens with one attached hydrogen (secondary N) is 2. The van der Waals surface area contributed by atoms with E-state index in [4.69, 9.17) is 4.74 Å². The zero-order chi connectivity index (χ0) is 23.5. The van der Waals surface area contributed by atoms with Crippen LogP contribution in [-0.4, -0.2) is 83.5 Å². The Balaban J connectivity index is 0.000000305. The normalized spacial score (nSPS) is 21.0. The molecule has 4 heterocycles. The van der Waals surface area contributed by atoms with Crippen molar-refractivity contribution in [1.29, 1.82) is 0 Å². The first kappa shape index (κ1) is 24.2. The van der Waals surface area contributed by atoms with Gasteiger partial charge in [-0.25, -0.2) is 17.7 Å². The van der Waals surface area contributed by atoms with Gasteiger partial charge in [-0.05, 0) is 39.5 Å². The molecule has 0 unspecified atom stereocenters. The number of ether oxygens (including phenoxy) is 1. The summed E-state index contributed by atoms with van der Waals surface area (Å²) in [7, 11) is -3.14. The standard InChI is InChI=1S/C14H21N5O4S.C6H11NO/c1-14(2)12(20)17-11-10(23-14)8-15-13(18-11)16-9-4-6-19(7-5-9)24(3,21)22;1-6(8)7-4-2-3-5-7/h8-9H,4-7H2,1-3H3,(H2,15,16,17,18,20);2-5H2,1H3. The predicted molar refractivity (Wildman–Crippen MR) is 120 cm³/mol. The second-order valence-corrected chi connectivity index (χ2v) is 10.7. The van der Waals surface area contributed by atoms with Crippen LogP contribution in [0.5, 0.6) is 5.75 Å². The molecule has 12 heteroatoms. The Labute approximate surface area is 189 Å². The molecule has 0 bridgehead atoms. The molecule has 2 amide bonds. The highest BCUT2D eigenvalue weighted by Crippen LogP contribution is 2.32. The van der Waals surface area contributed by atoms with Crippen LogP contribution < -0.4 is 15.4 Å². The van der Waals surface area contributed by atoms with Crippen LogP contribution in [0.1, 0.15) is 46.5 Å². The molecule has 0 aromatic carbocycles. The summed E-state index contributed by atoms with van der Waals surface area (Å²) in [6.45, 7) is 7.88. The second-order valence-electron chi connectivity index (χ2n) is 8.77. The van der Waals surface area contributed by atoms with Crippen LogP contribution in [0.25, 0.3) is 0 Å². The van der Waals surface area contributed by atoms with Crippen molar-refractivity contribution >= 4 is 33.6 Å². The SMILES string of the molecule is CC(=O)N1CCCC1.CC1(C)Oc2cnc(NC3CCN(S(C)(=O)=O)CC3)nc2NC1=O. The van der Waals surface area contributed by atoms with Crippen LogP contribution in [-0.2, 0) is 19.6 Å². The van der Waals surface area contributed by atoms with Gasteiger partial charge in [0.15, 0.2) is 17.2 Å². The molecule has 0 radical (unpaired) electrons. The summed E-state index contributed by atoms with van der Waals surface area (Å²) in [6.07, 6.45) is 6.47. The van der Waals surface area contributed by atoms with Gasteiger partial charge < -0.3 is 20.3 Å². The van der Waals surface area contributed by atoms with E-state index in [1.54, 1.807) is 20.8 Å². The molecule has 0 atom stereocenters. The summed E-state index contributed by atoms with van der Waals surface area (Å²) < 4.78 is 30.1. The lowest BCUT2D eigenvalue weighted by Crippen LogP contribution is -2.46. The lowest BCUT2D eigenvalue weighted by molar-refractivity contribution is -0.129. The topological polar surface area (TPSA) is 134 Å². The maximum Gasteiger partial charge on any atom is 0.269 e. The molecule has 2 saturated heterocycles. The molecule has 178 valence electrons. The molecule has 11 nitrogen and oxygen atoms in total. The Bertz CT molecular complexity index is 953. The van der Waals surface area contributed by atoms with E-state index in [1.165, 1.54) is 29.6 Å². The van der Waals surface area contributed by atoms with Crippen LogP contribution >= 0.6 is 0 Å². The molecule has 0 aliphatic carbocycles. The highest BCUT2D eigenvalue weighted by Gasteiger charge is 2.36. The zero-order valence-corrected chi connectivity index (χ0v) is 19.9. The van der Waals surface area contributed by atoms with E-state index >= 15 is 0 Å². The monoisotopic (exact) mass is 468 g/mol. The molecule has 3 aliphatic rings. The van der Waals surface area contributed by atoms with E-state index < -0.39 is 15.6 Å². The van der Waals surface area contributed by atoms with E-state index in [0.29, 0.717) is 43.4 Å². The second kappa shape index (κ2) is 9.57. The fourth-order valence-electron chi connectivity index (χ4n) is 3.73. The van der Waals surface area contributed by atoms with E-state index in [0.717, 1.165) is 13.1 Å². The number of amides is 2. The minimum Gasteiger partial charge on any atom is -0.472 e. The number of aromatic nitrogens is 2. The number of hydrogen-bond donors (Lipinski definition) is 2. The highest BCUT2D eigenvalue weighted by molar-refractivity contribution is 7.88. The lowest BCUT2D eigenvalue weighted by Gasteiger charge is -2.32. The minimum absolute atomic E-state index is 0.0812. The largest absolute Gasteiger partial charge is 0.472 e. The van der Waals surface area contributed by atoms with Crippen molar-refractivity contribution in [2.45, 2.75) is 58.1 Å². The minimum atomic E-state index is -3.14. The van der Waals surface area contributed by atoms with Crippen molar-refractivity contribution in [3.8, 4) is 5.75 Å². The van der Waals surface area contributed by atoms with Gasteiger partial charge in [0.25, 0.3) is 5.91 Å². The fourth-order valence-corrected chi connectivity index (χ4v) is 4.60. The predicted octanol–water partition coefficient (Wildman–Crippen LogP) is 1.05. The van der Waals surface area contributed by atoms with Gasteiger partial charge in [-0.2, -0.15) is 4.98 Å². The molecule has 32 heavy (non-hydrogen) atoms. The summed E-state index contributed by atoms with van der Waals surface area (Å²) >= 11 is 0. The number of rotatable bonds is 3. The number of hydrogen-bond acceptors (Lipinski definition) is 8. The first-order valence-electron chi connectivity index (χ1n) is 10.8. The quantitative estimate of drug-likeness (QED) is 0.672. The number of nitrogens with zero attached hydrogens (tertiary/aromatic N) is 4. The molecule has 3 aliphatic heterocycles. The molecular weight excluding hydrogens is 436 g/mol. The Morgan fingerprint density at radius 3 is 2.38 bits per heavy atom. The van der Waals surface area contributed by atoms with Crippen LogP contribution in [0.15, 0.2) is 6.20 Å². The molecule has 0 saturated carbocycles. The third-order valence-electron chi connectivity index (χ3n) is 5.71. The van der Waals surface area contributed by atoms with E-state index in [9.17, 15) is 18.0 Å². The average Bonchev–Trinajstić information content (AvgIpc) is 3.25. The number of likely N-dealkylation sites (tertiary alicyclic amines) is 1. The van der Waals surface area contributed by atoms with E-state index in [-0.39, 0.29) is 17.9 Å². The Hall–Kier alpha value is -2.47. The summed E-state index contributed by atoms with van der Waals surface area (Å²) in [5.74, 6) is 1.11. The third-order valence-corrected chi connectivity index (χ3v) is 7.01. The van der Waals surface area contributed by atoms with Crippen LogP contribution in [0, 0.1) is 0 Å². The highest BCUT2D eigenvalue weighted by atomic mass is 32.2. The first-order chi connectivity index (χ1) is 15.0. The van der Waals surface area contributed by atoms with Gasteiger partial charge in [0, 0.05) is 39.1 Å². The number of piperidine rings is 1. The van der Waals surface area contributed by atoms with Crippen molar-refractivity contribution in [2.24, 2.45) is 0 Å². The molecule has 1 aromatic heterocycles. The summed E-state index contributed by atoms with van der Waals surface area (Å²) in [4.78, 5) is 32.9.